The highest BCUT2D eigenvalue weighted by Gasteiger charge is 2.28. The molecule has 39 heavy (non-hydrogen) atoms. The fraction of sp³-hybridized carbons (Fsp3) is 0.370. The van der Waals surface area contributed by atoms with E-state index in [9.17, 15) is 13.2 Å². The van der Waals surface area contributed by atoms with E-state index in [0.29, 0.717) is 68.4 Å². The number of carbonyl (C=O) groups is 1. The van der Waals surface area contributed by atoms with E-state index in [1.54, 1.807) is 33.8 Å². The van der Waals surface area contributed by atoms with Crippen LogP contribution in [0.1, 0.15) is 35.2 Å². The molecule has 1 amide bonds. The summed E-state index contributed by atoms with van der Waals surface area (Å²) in [5, 5.41) is 8.68. The molecule has 0 atom stereocenters. The monoisotopic (exact) mass is 546 g/mol. The number of amides is 1. The standard InChI is InChI=1S/C27H30N8O3S/c36-27(22-9-11-23(12-10-22)39(37,38)34-13-5-2-6-14-34)33-17-15-32(16-18-33)25-24-26(29-20-28-25)35(31-30-24)19-21-7-3-1-4-8-21/h1,3-4,7-12,20H,2,5-6,13-19H2. The van der Waals surface area contributed by atoms with E-state index < -0.39 is 10.0 Å². The molecule has 2 fully saturated rings. The van der Waals surface area contributed by atoms with Gasteiger partial charge in [0.1, 0.15) is 6.33 Å². The van der Waals surface area contributed by atoms with Crippen molar-refractivity contribution in [1.82, 2.24) is 34.2 Å². The van der Waals surface area contributed by atoms with Gasteiger partial charge in [-0.15, -0.1) is 5.10 Å². The Bertz CT molecular complexity index is 1560. The summed E-state index contributed by atoms with van der Waals surface area (Å²) in [4.78, 5) is 26.2. The largest absolute Gasteiger partial charge is 0.351 e. The lowest BCUT2D eigenvalue weighted by Gasteiger charge is -2.35. The number of anilines is 1. The number of nitrogens with zero attached hydrogens (tertiary/aromatic N) is 8. The molecule has 12 heteroatoms. The molecule has 4 aromatic rings. The fourth-order valence-corrected chi connectivity index (χ4v) is 6.72. The number of hydrogen-bond acceptors (Lipinski definition) is 8. The van der Waals surface area contributed by atoms with Crippen LogP contribution in [0, 0.1) is 0 Å². The number of carbonyl (C=O) groups excluding carboxylic acids is 1. The lowest BCUT2D eigenvalue weighted by Crippen LogP contribution is -2.49. The molecule has 2 saturated heterocycles. The summed E-state index contributed by atoms with van der Waals surface area (Å²) < 4.78 is 29.2. The first-order valence-corrected chi connectivity index (χ1v) is 14.7. The lowest BCUT2D eigenvalue weighted by atomic mass is 10.2. The van der Waals surface area contributed by atoms with Crippen molar-refractivity contribution in [2.24, 2.45) is 0 Å². The zero-order chi connectivity index (χ0) is 26.8. The Balaban J connectivity index is 1.12. The second-order valence-electron chi connectivity index (χ2n) is 9.87. The van der Waals surface area contributed by atoms with Crippen molar-refractivity contribution < 1.29 is 13.2 Å². The molecule has 2 aliphatic rings. The summed E-state index contributed by atoms with van der Waals surface area (Å²) in [7, 11) is -3.52. The van der Waals surface area contributed by atoms with E-state index >= 15 is 0 Å². The van der Waals surface area contributed by atoms with Crippen molar-refractivity contribution >= 4 is 32.9 Å². The Labute approximate surface area is 227 Å². The Morgan fingerprint density at radius 1 is 0.821 bits per heavy atom. The van der Waals surface area contributed by atoms with Crippen molar-refractivity contribution in [3.8, 4) is 0 Å². The summed E-state index contributed by atoms with van der Waals surface area (Å²) in [6.07, 6.45) is 4.35. The lowest BCUT2D eigenvalue weighted by molar-refractivity contribution is 0.0746. The predicted molar refractivity (Wildman–Crippen MR) is 146 cm³/mol. The molecule has 4 heterocycles. The quantitative estimate of drug-likeness (QED) is 0.362. The minimum atomic E-state index is -3.52. The van der Waals surface area contributed by atoms with Crippen molar-refractivity contribution in [2.75, 3.05) is 44.2 Å². The second-order valence-corrected chi connectivity index (χ2v) is 11.8. The molecule has 0 bridgehead atoms. The van der Waals surface area contributed by atoms with Gasteiger partial charge in [0.2, 0.25) is 10.0 Å². The van der Waals surface area contributed by atoms with E-state index in [0.717, 1.165) is 24.8 Å². The van der Waals surface area contributed by atoms with E-state index in [4.69, 9.17) is 0 Å². The molecular weight excluding hydrogens is 516 g/mol. The fourth-order valence-electron chi connectivity index (χ4n) is 5.20. The number of sulfonamides is 1. The van der Waals surface area contributed by atoms with Crippen LogP contribution in [0.3, 0.4) is 0 Å². The zero-order valence-electron chi connectivity index (χ0n) is 21.6. The van der Waals surface area contributed by atoms with Crippen LogP contribution >= 0.6 is 0 Å². The van der Waals surface area contributed by atoms with Gasteiger partial charge in [0, 0.05) is 44.8 Å². The maximum atomic E-state index is 13.2. The third-order valence-corrected chi connectivity index (χ3v) is 9.29. The molecule has 202 valence electrons. The molecule has 11 nitrogen and oxygen atoms in total. The van der Waals surface area contributed by atoms with Crippen LogP contribution in [-0.4, -0.2) is 87.8 Å². The first-order chi connectivity index (χ1) is 19.0. The van der Waals surface area contributed by atoms with E-state index in [-0.39, 0.29) is 10.8 Å². The smallest absolute Gasteiger partial charge is 0.253 e. The Hall–Kier alpha value is -3.90. The molecule has 0 unspecified atom stereocenters. The number of fused-ring (bicyclic) bond motifs is 1. The third-order valence-electron chi connectivity index (χ3n) is 7.38. The SMILES string of the molecule is O=C(c1ccc(S(=O)(=O)N2CCCCC2)cc1)N1CCN(c2ncnc3c2nnn3Cc2ccccc2)CC1. The molecule has 0 N–H and O–H groups in total. The summed E-state index contributed by atoms with van der Waals surface area (Å²) in [5.74, 6) is 0.594. The number of benzene rings is 2. The van der Waals surface area contributed by atoms with E-state index in [1.165, 1.54) is 10.6 Å². The van der Waals surface area contributed by atoms with Crippen LogP contribution in [0.15, 0.2) is 65.8 Å². The summed E-state index contributed by atoms with van der Waals surface area (Å²) in [5.41, 5.74) is 2.89. The zero-order valence-corrected chi connectivity index (χ0v) is 22.4. The number of hydrogen-bond donors (Lipinski definition) is 0. The van der Waals surface area contributed by atoms with Gasteiger partial charge in [-0.05, 0) is 42.7 Å². The molecule has 2 aliphatic heterocycles. The average molecular weight is 547 g/mol. The minimum Gasteiger partial charge on any atom is -0.351 e. The normalized spacial score (nSPS) is 17.0. The van der Waals surface area contributed by atoms with Crippen LogP contribution in [0.5, 0.6) is 0 Å². The first-order valence-electron chi connectivity index (χ1n) is 13.2. The molecule has 2 aromatic carbocycles. The van der Waals surface area contributed by atoms with Crippen LogP contribution < -0.4 is 4.90 Å². The van der Waals surface area contributed by atoms with Crippen LogP contribution in [0.25, 0.3) is 11.2 Å². The highest BCUT2D eigenvalue weighted by molar-refractivity contribution is 7.89. The van der Waals surface area contributed by atoms with Crippen molar-refractivity contribution in [3.05, 3.63) is 72.1 Å². The summed E-state index contributed by atoms with van der Waals surface area (Å²) in [6, 6.07) is 16.3. The molecule has 2 aromatic heterocycles. The van der Waals surface area contributed by atoms with E-state index in [2.05, 4.69) is 25.2 Å². The number of piperazine rings is 1. The van der Waals surface area contributed by atoms with Gasteiger partial charge in [-0.3, -0.25) is 4.79 Å². The highest BCUT2D eigenvalue weighted by Crippen LogP contribution is 2.24. The van der Waals surface area contributed by atoms with E-state index in [1.807, 2.05) is 30.3 Å². The maximum Gasteiger partial charge on any atom is 0.253 e. The van der Waals surface area contributed by atoms with Crippen LogP contribution in [-0.2, 0) is 16.6 Å². The summed E-state index contributed by atoms with van der Waals surface area (Å²) in [6.45, 7) is 3.86. The van der Waals surface area contributed by atoms with Crippen LogP contribution in [0.2, 0.25) is 0 Å². The topological polar surface area (TPSA) is 117 Å². The van der Waals surface area contributed by atoms with Gasteiger partial charge in [-0.1, -0.05) is 42.0 Å². The molecular formula is C27H30N8O3S. The van der Waals surface area contributed by atoms with Gasteiger partial charge in [0.05, 0.1) is 11.4 Å². The average Bonchev–Trinajstić information content (AvgIpc) is 3.40. The predicted octanol–water partition coefficient (Wildman–Crippen LogP) is 2.41. The van der Waals surface area contributed by atoms with Gasteiger partial charge >= 0.3 is 0 Å². The maximum absolute atomic E-state index is 13.2. The Morgan fingerprint density at radius 2 is 1.54 bits per heavy atom. The highest BCUT2D eigenvalue weighted by atomic mass is 32.2. The molecule has 0 aliphatic carbocycles. The van der Waals surface area contributed by atoms with Gasteiger partial charge in [-0.25, -0.2) is 23.1 Å². The van der Waals surface area contributed by atoms with Crippen molar-refractivity contribution in [3.63, 3.8) is 0 Å². The Morgan fingerprint density at radius 3 is 2.26 bits per heavy atom. The van der Waals surface area contributed by atoms with Gasteiger partial charge in [0.15, 0.2) is 17.0 Å². The molecule has 0 radical (unpaired) electrons. The van der Waals surface area contributed by atoms with Crippen LogP contribution in [0.4, 0.5) is 5.82 Å². The number of rotatable bonds is 6. The molecule has 0 saturated carbocycles. The first kappa shape index (κ1) is 25.4. The second kappa shape index (κ2) is 10.7. The van der Waals surface area contributed by atoms with Gasteiger partial charge < -0.3 is 9.80 Å². The number of aromatic nitrogens is 5. The third kappa shape index (κ3) is 5.09. The van der Waals surface area contributed by atoms with Gasteiger partial charge in [-0.2, -0.15) is 4.31 Å². The molecule has 0 spiro atoms. The Kier molecular flexibility index (Phi) is 6.96. The minimum absolute atomic E-state index is 0.113. The van der Waals surface area contributed by atoms with Gasteiger partial charge in [0.25, 0.3) is 5.91 Å². The molecule has 6 rings (SSSR count). The van der Waals surface area contributed by atoms with Crippen molar-refractivity contribution in [2.45, 2.75) is 30.7 Å². The number of piperidine rings is 1. The van der Waals surface area contributed by atoms with Crippen molar-refractivity contribution in [1.29, 1.82) is 0 Å². The summed E-state index contributed by atoms with van der Waals surface area (Å²) >= 11 is 0.